The minimum absolute atomic E-state index is 0.136. The van der Waals surface area contributed by atoms with Gasteiger partial charge in [-0.3, -0.25) is 15.0 Å². The fourth-order valence-corrected chi connectivity index (χ4v) is 4.29. The molecule has 0 amide bonds. The van der Waals surface area contributed by atoms with Crippen molar-refractivity contribution < 1.29 is 43.8 Å². The number of carboxylic acids is 2. The number of nitro benzene ring substituents is 1. The molecule has 0 radical (unpaired) electrons. The molecule has 228 valence electrons. The van der Waals surface area contributed by atoms with E-state index < -0.39 is 34.7 Å². The first-order chi connectivity index (χ1) is 20.3. The lowest BCUT2D eigenvalue weighted by Crippen LogP contribution is -2.33. The number of rotatable bonds is 11. The number of carbonyl (C=O) groups is 4. The third-order valence-electron chi connectivity index (χ3n) is 6.17. The third-order valence-corrected chi connectivity index (χ3v) is 6.17. The Kier molecular flexibility index (Phi) is 12.8. The Bertz CT molecular complexity index is 1430. The first-order valence-corrected chi connectivity index (χ1v) is 12.9. The highest BCUT2D eigenvalue weighted by Gasteiger charge is 2.38. The number of methoxy groups -OCH3 is 1. The Morgan fingerprint density at radius 2 is 1.53 bits per heavy atom. The van der Waals surface area contributed by atoms with Crippen LogP contribution in [0.25, 0.3) is 0 Å². The van der Waals surface area contributed by atoms with Gasteiger partial charge in [-0.15, -0.1) is 0 Å². The summed E-state index contributed by atoms with van der Waals surface area (Å²) in [6, 6.07) is 15.8. The molecule has 1 aliphatic rings. The Morgan fingerprint density at radius 3 is 2.07 bits per heavy atom. The highest BCUT2D eigenvalue weighted by molar-refractivity contribution is 6.00. The number of nitrogens with zero attached hydrogens (tertiary/aromatic N) is 2. The van der Waals surface area contributed by atoms with Gasteiger partial charge in [0.05, 0.1) is 29.1 Å². The summed E-state index contributed by atoms with van der Waals surface area (Å²) in [4.78, 5) is 58.0. The van der Waals surface area contributed by atoms with Gasteiger partial charge in [0.25, 0.3) is 5.69 Å². The zero-order valence-corrected chi connectivity index (χ0v) is 24.1. The summed E-state index contributed by atoms with van der Waals surface area (Å²) in [7, 11) is 3.18. The van der Waals surface area contributed by atoms with Crippen LogP contribution in [-0.2, 0) is 35.2 Å². The predicted molar refractivity (Wildman–Crippen MR) is 155 cm³/mol. The smallest absolute Gasteiger partial charge is 0.336 e. The van der Waals surface area contributed by atoms with Crippen molar-refractivity contribution in [1.29, 1.82) is 0 Å². The molecule has 1 aliphatic heterocycles. The zero-order valence-electron chi connectivity index (χ0n) is 24.1. The Hall–Kier alpha value is -5.30. The van der Waals surface area contributed by atoms with Crippen LogP contribution in [0.4, 0.5) is 5.69 Å². The van der Waals surface area contributed by atoms with E-state index in [1.165, 1.54) is 25.3 Å². The lowest BCUT2D eigenvalue weighted by Gasteiger charge is -2.30. The van der Waals surface area contributed by atoms with Crippen molar-refractivity contribution in [3.63, 3.8) is 0 Å². The van der Waals surface area contributed by atoms with Crippen molar-refractivity contribution in [2.75, 3.05) is 27.3 Å². The molecular weight excluding hydrogens is 562 g/mol. The zero-order chi connectivity index (χ0) is 32.1. The number of carbonyl (C=O) groups excluding carboxylic acids is 2. The highest BCUT2D eigenvalue weighted by atomic mass is 16.6. The van der Waals surface area contributed by atoms with Crippen LogP contribution in [0.15, 0.2) is 89.3 Å². The molecular formula is C30H33N3O10. The Balaban J connectivity index is 0.000000708. The topological polar surface area (TPSA) is 186 Å². The molecule has 13 nitrogen and oxygen atoms in total. The molecule has 0 saturated heterocycles. The van der Waals surface area contributed by atoms with Crippen LogP contribution >= 0.6 is 0 Å². The SMILES string of the molecule is COC(=O)C1=C(C)NC(C)=C(C(=O)OCCN(C)Cc2ccccc2)C1c1cccc([N+](=O)[O-])c1.O=C(O)/C=C/C(=O)O. The highest BCUT2D eigenvalue weighted by Crippen LogP contribution is 2.40. The Labute approximate surface area is 247 Å². The first-order valence-electron chi connectivity index (χ1n) is 12.9. The molecule has 2 aromatic rings. The van der Waals surface area contributed by atoms with Crippen molar-refractivity contribution in [2.45, 2.75) is 26.3 Å². The molecule has 1 heterocycles. The van der Waals surface area contributed by atoms with E-state index in [1.54, 1.807) is 19.9 Å². The molecule has 43 heavy (non-hydrogen) atoms. The van der Waals surface area contributed by atoms with E-state index in [1.807, 2.05) is 42.3 Å². The van der Waals surface area contributed by atoms with Crippen molar-refractivity contribution >= 4 is 29.6 Å². The first kappa shape index (κ1) is 33.9. The number of carboxylic acid groups (broad SMARTS) is 2. The third kappa shape index (κ3) is 10.2. The van der Waals surface area contributed by atoms with Gasteiger partial charge >= 0.3 is 23.9 Å². The van der Waals surface area contributed by atoms with Gasteiger partial charge in [0.15, 0.2) is 0 Å². The summed E-state index contributed by atoms with van der Waals surface area (Å²) >= 11 is 0. The van der Waals surface area contributed by atoms with Crippen molar-refractivity contribution in [2.24, 2.45) is 0 Å². The second-order valence-corrected chi connectivity index (χ2v) is 9.35. The lowest BCUT2D eigenvalue weighted by molar-refractivity contribution is -0.384. The van der Waals surface area contributed by atoms with E-state index in [-0.39, 0.29) is 23.4 Å². The maximum absolute atomic E-state index is 13.3. The molecule has 0 spiro atoms. The van der Waals surface area contributed by atoms with Gasteiger partial charge in [-0.1, -0.05) is 42.5 Å². The van der Waals surface area contributed by atoms with Crippen LogP contribution in [0.2, 0.25) is 0 Å². The van der Waals surface area contributed by atoms with Gasteiger partial charge in [0.2, 0.25) is 0 Å². The minimum Gasteiger partial charge on any atom is -0.478 e. The summed E-state index contributed by atoms with van der Waals surface area (Å²) in [6.45, 7) is 4.74. The standard InChI is InChI=1S/C26H29N3O6.C4H4O4/c1-17-22(25(30)34-4)24(20-11-8-12-21(15-20)29(32)33)23(18(2)27-17)26(31)35-14-13-28(3)16-19-9-6-5-7-10-19;5-3(6)1-2-4(7)8/h5-12,15,24,27H,13-14,16H2,1-4H3;1-2H,(H,5,6)(H,7,8)/b;2-1+. The van der Waals surface area contributed by atoms with Gasteiger partial charge in [0.1, 0.15) is 6.61 Å². The summed E-state index contributed by atoms with van der Waals surface area (Å²) in [5, 5.41) is 30.1. The normalized spacial score (nSPS) is 14.5. The largest absolute Gasteiger partial charge is 0.478 e. The summed E-state index contributed by atoms with van der Waals surface area (Å²) in [5.41, 5.74) is 2.85. The van der Waals surface area contributed by atoms with Crippen LogP contribution < -0.4 is 5.32 Å². The van der Waals surface area contributed by atoms with Gasteiger partial charge in [-0.25, -0.2) is 19.2 Å². The van der Waals surface area contributed by atoms with E-state index in [2.05, 4.69) is 5.32 Å². The molecule has 3 N–H and O–H groups in total. The van der Waals surface area contributed by atoms with Gasteiger partial charge in [0, 0.05) is 48.8 Å². The van der Waals surface area contributed by atoms with E-state index in [4.69, 9.17) is 19.7 Å². The number of aliphatic carboxylic acids is 2. The molecule has 0 aromatic heterocycles. The van der Waals surface area contributed by atoms with Gasteiger partial charge in [-0.05, 0) is 32.0 Å². The van der Waals surface area contributed by atoms with Crippen molar-refractivity contribution in [3.05, 3.63) is 111 Å². The maximum atomic E-state index is 13.3. The number of ether oxygens (including phenoxy) is 2. The molecule has 0 aliphatic carbocycles. The number of benzene rings is 2. The quantitative estimate of drug-likeness (QED) is 0.149. The fraction of sp³-hybridized carbons (Fsp3) is 0.267. The minimum atomic E-state index is -1.26. The van der Waals surface area contributed by atoms with Crippen LogP contribution in [0.5, 0.6) is 0 Å². The molecule has 1 unspecified atom stereocenters. The number of allylic oxidation sites excluding steroid dienone is 2. The van der Waals surface area contributed by atoms with Crippen LogP contribution in [-0.4, -0.2) is 71.2 Å². The van der Waals surface area contributed by atoms with Gasteiger partial charge < -0.3 is 25.0 Å². The summed E-state index contributed by atoms with van der Waals surface area (Å²) in [6.07, 6.45) is 1.12. The van der Waals surface area contributed by atoms with Crippen LogP contribution in [0.3, 0.4) is 0 Å². The van der Waals surface area contributed by atoms with Crippen LogP contribution in [0, 0.1) is 10.1 Å². The van der Waals surface area contributed by atoms with Crippen molar-refractivity contribution in [3.8, 4) is 0 Å². The number of nitrogens with one attached hydrogen (secondary N) is 1. The summed E-state index contributed by atoms with van der Waals surface area (Å²) < 4.78 is 10.6. The molecule has 1 atom stereocenters. The Morgan fingerprint density at radius 1 is 0.953 bits per heavy atom. The number of hydrogen-bond acceptors (Lipinski definition) is 10. The number of nitro groups is 1. The average Bonchev–Trinajstić information content (AvgIpc) is 2.96. The number of esters is 2. The van der Waals surface area contributed by atoms with Crippen LogP contribution in [0.1, 0.15) is 30.9 Å². The van der Waals surface area contributed by atoms with Crippen molar-refractivity contribution in [1.82, 2.24) is 10.2 Å². The molecule has 0 bridgehead atoms. The van der Waals surface area contributed by atoms with Gasteiger partial charge in [-0.2, -0.15) is 0 Å². The average molecular weight is 596 g/mol. The number of non-ortho nitro benzene ring substituents is 1. The summed E-state index contributed by atoms with van der Waals surface area (Å²) in [5.74, 6) is -4.63. The molecule has 13 heteroatoms. The van der Waals surface area contributed by atoms with E-state index in [0.29, 0.717) is 42.2 Å². The number of likely N-dealkylation sites (N-methyl/N-ethyl adjacent to an activating group) is 1. The second kappa shape index (κ2) is 16.2. The molecule has 0 fully saturated rings. The molecule has 2 aromatic carbocycles. The fourth-order valence-electron chi connectivity index (χ4n) is 4.29. The van der Waals surface area contributed by atoms with E-state index in [9.17, 15) is 29.3 Å². The number of dihydropyridines is 1. The predicted octanol–water partition coefficient (Wildman–Crippen LogP) is 3.39. The number of hydrogen-bond donors (Lipinski definition) is 3. The lowest BCUT2D eigenvalue weighted by atomic mass is 9.80. The molecule has 3 rings (SSSR count). The maximum Gasteiger partial charge on any atom is 0.336 e. The van der Waals surface area contributed by atoms with E-state index >= 15 is 0 Å². The molecule has 0 saturated carbocycles. The second-order valence-electron chi connectivity index (χ2n) is 9.35. The monoisotopic (exact) mass is 595 g/mol. The van der Waals surface area contributed by atoms with E-state index in [0.717, 1.165) is 5.56 Å².